The third-order valence-electron chi connectivity index (χ3n) is 5.10. The van der Waals surface area contributed by atoms with Crippen LogP contribution in [0.15, 0.2) is 28.7 Å². The quantitative estimate of drug-likeness (QED) is 0.331. The van der Waals surface area contributed by atoms with Crippen molar-refractivity contribution in [1.29, 1.82) is 0 Å². The highest BCUT2D eigenvalue weighted by atomic mass is 19.4. The number of amides is 1. The van der Waals surface area contributed by atoms with Crippen molar-refractivity contribution in [2.24, 2.45) is 5.41 Å². The smallest absolute Gasteiger partial charge is 0.449 e. The summed E-state index contributed by atoms with van der Waals surface area (Å²) in [7, 11) is 0. The third-order valence-corrected chi connectivity index (χ3v) is 5.10. The molecule has 1 aliphatic rings. The zero-order valence-corrected chi connectivity index (χ0v) is 17.0. The fraction of sp³-hybridized carbons (Fsp3) is 0.571. The SMILES string of the molecule is CC1(C)C[C@H](/C=C/C(=O)c2ccc(C(F)(F)F)o2)N(CCCCCCC(=O)O)C1=O. The Labute approximate surface area is 172 Å². The van der Waals surface area contributed by atoms with Gasteiger partial charge < -0.3 is 14.4 Å². The number of allylic oxidation sites excluding steroid dienone is 1. The van der Waals surface area contributed by atoms with E-state index in [1.165, 1.54) is 6.08 Å². The predicted molar refractivity (Wildman–Crippen MR) is 102 cm³/mol. The lowest BCUT2D eigenvalue weighted by atomic mass is 9.90. The van der Waals surface area contributed by atoms with Crippen LogP contribution in [-0.4, -0.2) is 40.3 Å². The van der Waals surface area contributed by atoms with Crippen LogP contribution in [0.2, 0.25) is 0 Å². The van der Waals surface area contributed by atoms with Gasteiger partial charge in [-0.1, -0.05) is 32.8 Å². The molecule has 1 saturated heterocycles. The molecule has 166 valence electrons. The number of furan rings is 1. The van der Waals surface area contributed by atoms with E-state index in [-0.39, 0.29) is 18.4 Å². The lowest BCUT2D eigenvalue weighted by Crippen LogP contribution is -2.35. The van der Waals surface area contributed by atoms with Crippen LogP contribution in [0.4, 0.5) is 13.2 Å². The monoisotopic (exact) mass is 429 g/mol. The van der Waals surface area contributed by atoms with E-state index in [9.17, 15) is 27.6 Å². The first kappa shape index (κ1) is 23.7. The normalized spacial score (nSPS) is 19.0. The molecule has 2 heterocycles. The number of likely N-dealkylation sites (tertiary alicyclic amines) is 1. The molecule has 1 aromatic rings. The Hall–Kier alpha value is -2.58. The topological polar surface area (TPSA) is 87.8 Å². The van der Waals surface area contributed by atoms with E-state index in [0.717, 1.165) is 25.0 Å². The molecule has 30 heavy (non-hydrogen) atoms. The third kappa shape index (κ3) is 6.21. The summed E-state index contributed by atoms with van der Waals surface area (Å²) in [6, 6.07) is 1.35. The van der Waals surface area contributed by atoms with Gasteiger partial charge in [-0.3, -0.25) is 14.4 Å². The first-order valence-corrected chi connectivity index (χ1v) is 9.84. The summed E-state index contributed by atoms with van der Waals surface area (Å²) in [4.78, 5) is 37.0. The fourth-order valence-electron chi connectivity index (χ4n) is 3.51. The number of nitrogens with zero attached hydrogens (tertiary/aromatic N) is 1. The molecule has 9 heteroatoms. The first-order valence-electron chi connectivity index (χ1n) is 9.84. The zero-order valence-electron chi connectivity index (χ0n) is 17.0. The second-order valence-electron chi connectivity index (χ2n) is 8.10. The summed E-state index contributed by atoms with van der Waals surface area (Å²) >= 11 is 0. The van der Waals surface area contributed by atoms with Crippen molar-refractivity contribution in [2.75, 3.05) is 6.54 Å². The number of unbranched alkanes of at least 4 members (excludes halogenated alkanes) is 3. The maximum absolute atomic E-state index is 12.7. The molecule has 0 spiro atoms. The summed E-state index contributed by atoms with van der Waals surface area (Å²) in [6.45, 7) is 4.09. The molecular formula is C21H26F3NO5. The Morgan fingerprint density at radius 1 is 1.23 bits per heavy atom. The van der Waals surface area contributed by atoms with Crippen LogP contribution in [0.1, 0.15) is 68.7 Å². The molecule has 1 aromatic heterocycles. The van der Waals surface area contributed by atoms with Gasteiger partial charge in [-0.15, -0.1) is 0 Å². The van der Waals surface area contributed by atoms with Crippen molar-refractivity contribution in [3.05, 3.63) is 35.8 Å². The van der Waals surface area contributed by atoms with Gasteiger partial charge >= 0.3 is 12.1 Å². The second kappa shape index (κ2) is 9.49. The number of hydrogen-bond donors (Lipinski definition) is 1. The minimum absolute atomic E-state index is 0.0486. The molecule has 1 amide bonds. The number of aliphatic carboxylic acids is 1. The van der Waals surface area contributed by atoms with Crippen molar-refractivity contribution >= 4 is 17.7 Å². The Morgan fingerprint density at radius 3 is 2.50 bits per heavy atom. The number of carbonyl (C=O) groups excluding carboxylic acids is 2. The van der Waals surface area contributed by atoms with Crippen LogP contribution in [0.25, 0.3) is 0 Å². The van der Waals surface area contributed by atoms with E-state index >= 15 is 0 Å². The molecule has 0 bridgehead atoms. The Morgan fingerprint density at radius 2 is 1.90 bits per heavy atom. The number of hydrogen-bond acceptors (Lipinski definition) is 4. The molecule has 1 fully saturated rings. The molecule has 0 unspecified atom stereocenters. The van der Waals surface area contributed by atoms with Crippen LogP contribution in [0, 0.1) is 5.41 Å². The van der Waals surface area contributed by atoms with Gasteiger partial charge in [0, 0.05) is 18.4 Å². The van der Waals surface area contributed by atoms with Crippen LogP contribution >= 0.6 is 0 Å². The number of carboxylic acid groups (broad SMARTS) is 1. The largest absolute Gasteiger partial charge is 0.481 e. The number of rotatable bonds is 10. The van der Waals surface area contributed by atoms with Gasteiger partial charge in [0.15, 0.2) is 5.76 Å². The Bertz CT molecular complexity index is 810. The highest BCUT2D eigenvalue weighted by Crippen LogP contribution is 2.36. The summed E-state index contributed by atoms with van der Waals surface area (Å²) in [6.07, 6.45) is 1.43. The lowest BCUT2D eigenvalue weighted by Gasteiger charge is -2.23. The highest BCUT2D eigenvalue weighted by molar-refractivity contribution is 6.02. The lowest BCUT2D eigenvalue weighted by molar-refractivity contribution is -0.153. The van der Waals surface area contributed by atoms with Gasteiger partial charge in [0.2, 0.25) is 17.5 Å². The maximum atomic E-state index is 12.7. The van der Waals surface area contributed by atoms with E-state index in [2.05, 4.69) is 4.42 Å². The van der Waals surface area contributed by atoms with Crippen LogP contribution in [0.3, 0.4) is 0 Å². The van der Waals surface area contributed by atoms with Crippen molar-refractivity contribution in [3.63, 3.8) is 0 Å². The minimum atomic E-state index is -4.66. The Kier molecular flexibility index (Phi) is 7.49. The maximum Gasteiger partial charge on any atom is 0.449 e. The predicted octanol–water partition coefficient (Wildman–Crippen LogP) is 4.70. The highest BCUT2D eigenvalue weighted by Gasteiger charge is 2.43. The van der Waals surface area contributed by atoms with Gasteiger partial charge in [0.1, 0.15) is 0 Å². The summed E-state index contributed by atoms with van der Waals surface area (Å²) in [5.41, 5.74) is -0.602. The molecule has 1 aliphatic heterocycles. The Balaban J connectivity index is 1.97. The number of ketones is 1. The van der Waals surface area contributed by atoms with E-state index in [1.54, 1.807) is 4.90 Å². The molecule has 0 aromatic carbocycles. The molecule has 0 radical (unpaired) electrons. The molecule has 0 aliphatic carbocycles. The van der Waals surface area contributed by atoms with Crippen molar-refractivity contribution < 1.29 is 37.1 Å². The van der Waals surface area contributed by atoms with Crippen LogP contribution in [0.5, 0.6) is 0 Å². The average Bonchev–Trinajstić information content (AvgIpc) is 3.21. The van der Waals surface area contributed by atoms with Crippen molar-refractivity contribution in [1.82, 2.24) is 4.90 Å². The molecule has 2 rings (SSSR count). The molecule has 1 N–H and O–H groups in total. The van der Waals surface area contributed by atoms with Gasteiger partial charge in [0.25, 0.3) is 0 Å². The molecule has 0 saturated carbocycles. The van der Waals surface area contributed by atoms with E-state index in [0.29, 0.717) is 31.9 Å². The summed E-state index contributed by atoms with van der Waals surface area (Å²) < 4.78 is 42.4. The molecule has 6 nitrogen and oxygen atoms in total. The second-order valence-corrected chi connectivity index (χ2v) is 8.10. The fourth-order valence-corrected chi connectivity index (χ4v) is 3.51. The van der Waals surface area contributed by atoms with E-state index in [1.807, 2.05) is 13.8 Å². The number of carbonyl (C=O) groups is 3. The van der Waals surface area contributed by atoms with Gasteiger partial charge in [-0.25, -0.2) is 0 Å². The van der Waals surface area contributed by atoms with Gasteiger partial charge in [0.05, 0.1) is 6.04 Å². The molecular weight excluding hydrogens is 403 g/mol. The number of halogens is 3. The van der Waals surface area contributed by atoms with Crippen LogP contribution < -0.4 is 0 Å². The van der Waals surface area contributed by atoms with Crippen molar-refractivity contribution in [2.45, 2.75) is 64.6 Å². The minimum Gasteiger partial charge on any atom is -0.481 e. The van der Waals surface area contributed by atoms with Gasteiger partial charge in [-0.05, 0) is 37.5 Å². The molecule has 1 atom stereocenters. The van der Waals surface area contributed by atoms with Crippen LogP contribution in [-0.2, 0) is 15.8 Å². The van der Waals surface area contributed by atoms with E-state index in [4.69, 9.17) is 5.11 Å². The first-order chi connectivity index (χ1) is 13.9. The standard InChI is InChI=1S/C21H26F3NO5/c1-20(2)13-14(25(19(20)29)12-6-4-3-5-7-18(27)28)8-9-15(26)16-10-11-17(30-16)21(22,23)24/h8-11,14H,3-7,12-13H2,1-2H3,(H,27,28)/b9-8+/t14-/m0/s1. The summed E-state index contributed by atoms with van der Waals surface area (Å²) in [5.74, 6) is -3.22. The van der Waals surface area contributed by atoms with Gasteiger partial charge in [-0.2, -0.15) is 13.2 Å². The summed E-state index contributed by atoms with van der Waals surface area (Å²) in [5, 5.41) is 8.65. The number of carboxylic acids is 1. The average molecular weight is 429 g/mol. The zero-order chi connectivity index (χ0) is 22.5. The van der Waals surface area contributed by atoms with Crippen molar-refractivity contribution in [3.8, 4) is 0 Å². The number of alkyl halides is 3. The van der Waals surface area contributed by atoms with E-state index < -0.39 is 34.9 Å².